The van der Waals surface area contributed by atoms with Crippen LogP contribution in [0.1, 0.15) is 17.5 Å². The van der Waals surface area contributed by atoms with Crippen LogP contribution in [-0.2, 0) is 11.3 Å². The van der Waals surface area contributed by atoms with Gasteiger partial charge >= 0.3 is 6.09 Å². The Hall–Kier alpha value is -2.93. The molecular formula is C19H20N2O2. The molecule has 0 bridgehead atoms. The van der Waals surface area contributed by atoms with Crippen LogP contribution in [0.2, 0.25) is 0 Å². The van der Waals surface area contributed by atoms with Gasteiger partial charge in [-0.15, -0.1) is 0 Å². The molecule has 1 amide bonds. The molecule has 0 aromatic heterocycles. The maximum absolute atomic E-state index is 11.5. The molecule has 0 fully saturated rings. The van der Waals surface area contributed by atoms with Gasteiger partial charge < -0.3 is 15.4 Å². The molecule has 0 unspecified atom stereocenters. The Morgan fingerprint density at radius 2 is 1.96 bits per heavy atom. The number of rotatable bonds is 5. The summed E-state index contributed by atoms with van der Waals surface area (Å²) in [5.41, 5.74) is 2.94. The highest BCUT2D eigenvalue weighted by molar-refractivity contribution is 5.67. The van der Waals surface area contributed by atoms with Gasteiger partial charge in [0.25, 0.3) is 0 Å². The average molecular weight is 308 g/mol. The predicted octanol–water partition coefficient (Wildman–Crippen LogP) is 3.40. The van der Waals surface area contributed by atoms with Gasteiger partial charge in [-0.05, 0) is 23.8 Å². The van der Waals surface area contributed by atoms with Crippen LogP contribution < -0.4 is 10.6 Å². The minimum Gasteiger partial charge on any atom is -0.445 e. The fourth-order valence-corrected chi connectivity index (χ4v) is 1.92. The lowest BCUT2D eigenvalue weighted by atomic mass is 10.2. The Labute approximate surface area is 136 Å². The van der Waals surface area contributed by atoms with Crippen molar-refractivity contribution in [3.63, 3.8) is 0 Å². The normalized spacial score (nSPS) is 9.43. The summed E-state index contributed by atoms with van der Waals surface area (Å²) in [5.74, 6) is 6.10. The molecule has 2 aromatic carbocycles. The summed E-state index contributed by atoms with van der Waals surface area (Å²) < 4.78 is 5.12. The number of alkyl carbamates (subject to hydrolysis) is 1. The third-order valence-corrected chi connectivity index (χ3v) is 3.12. The third-order valence-electron chi connectivity index (χ3n) is 3.12. The molecule has 4 nitrogen and oxygen atoms in total. The zero-order valence-electron chi connectivity index (χ0n) is 13.1. The van der Waals surface area contributed by atoms with Crippen LogP contribution in [0.5, 0.6) is 0 Å². The Balaban J connectivity index is 1.67. The first kappa shape index (κ1) is 16.4. The van der Waals surface area contributed by atoms with Gasteiger partial charge in [-0.1, -0.05) is 48.2 Å². The number of benzene rings is 2. The van der Waals surface area contributed by atoms with E-state index in [-0.39, 0.29) is 6.61 Å². The molecule has 0 spiro atoms. The summed E-state index contributed by atoms with van der Waals surface area (Å²) in [4.78, 5) is 11.5. The molecule has 0 saturated heterocycles. The van der Waals surface area contributed by atoms with Crippen molar-refractivity contribution in [1.82, 2.24) is 5.32 Å². The first-order valence-electron chi connectivity index (χ1n) is 7.49. The zero-order chi connectivity index (χ0) is 16.3. The number of carbonyl (C=O) groups is 1. The fourth-order valence-electron chi connectivity index (χ4n) is 1.92. The van der Waals surface area contributed by atoms with Gasteiger partial charge in [-0.25, -0.2) is 4.79 Å². The molecule has 2 aromatic rings. The van der Waals surface area contributed by atoms with Crippen molar-refractivity contribution in [1.29, 1.82) is 0 Å². The van der Waals surface area contributed by atoms with E-state index < -0.39 is 6.09 Å². The third kappa shape index (κ3) is 6.15. The van der Waals surface area contributed by atoms with E-state index in [1.165, 1.54) is 0 Å². The maximum Gasteiger partial charge on any atom is 0.407 e. The molecule has 0 radical (unpaired) electrons. The quantitative estimate of drug-likeness (QED) is 0.657. The minimum atomic E-state index is -0.423. The zero-order valence-corrected chi connectivity index (χ0v) is 13.1. The topological polar surface area (TPSA) is 50.4 Å². The number of hydrogen-bond acceptors (Lipinski definition) is 3. The van der Waals surface area contributed by atoms with Crippen LogP contribution in [0.15, 0.2) is 54.6 Å². The molecule has 0 atom stereocenters. The van der Waals surface area contributed by atoms with E-state index in [1.807, 2.05) is 61.6 Å². The van der Waals surface area contributed by atoms with Crippen molar-refractivity contribution in [3.05, 3.63) is 65.7 Å². The predicted molar refractivity (Wildman–Crippen MR) is 92.1 cm³/mol. The smallest absolute Gasteiger partial charge is 0.407 e. The van der Waals surface area contributed by atoms with Crippen LogP contribution in [-0.4, -0.2) is 19.7 Å². The van der Waals surface area contributed by atoms with E-state index in [0.29, 0.717) is 13.0 Å². The van der Waals surface area contributed by atoms with E-state index in [1.54, 1.807) is 0 Å². The second kappa shape index (κ2) is 9.16. The Kier molecular flexibility index (Phi) is 6.55. The van der Waals surface area contributed by atoms with Crippen molar-refractivity contribution >= 4 is 11.8 Å². The first-order chi connectivity index (χ1) is 11.3. The Morgan fingerprint density at radius 1 is 1.13 bits per heavy atom. The fraction of sp³-hybridized carbons (Fsp3) is 0.211. The number of anilines is 1. The molecule has 0 aliphatic carbocycles. The van der Waals surface area contributed by atoms with Crippen LogP contribution in [0.4, 0.5) is 10.5 Å². The maximum atomic E-state index is 11.5. The summed E-state index contributed by atoms with van der Waals surface area (Å²) in [7, 11) is 1.87. The van der Waals surface area contributed by atoms with Gasteiger partial charge in [0.15, 0.2) is 0 Å². The molecule has 0 saturated carbocycles. The number of carbonyl (C=O) groups excluding carboxylic acids is 1. The lowest BCUT2D eigenvalue weighted by Crippen LogP contribution is -2.24. The van der Waals surface area contributed by atoms with E-state index in [0.717, 1.165) is 16.8 Å². The van der Waals surface area contributed by atoms with E-state index in [9.17, 15) is 4.79 Å². The molecule has 2 rings (SSSR count). The van der Waals surface area contributed by atoms with Gasteiger partial charge in [0.2, 0.25) is 0 Å². The van der Waals surface area contributed by atoms with Crippen LogP contribution in [0, 0.1) is 11.8 Å². The van der Waals surface area contributed by atoms with Gasteiger partial charge in [-0.2, -0.15) is 0 Å². The van der Waals surface area contributed by atoms with Crippen molar-refractivity contribution in [2.45, 2.75) is 13.0 Å². The average Bonchev–Trinajstić information content (AvgIpc) is 2.61. The summed E-state index contributed by atoms with van der Waals surface area (Å²) in [6.07, 6.45) is 0.150. The SMILES string of the molecule is CNc1cccc(C#CCCNC(=O)OCc2ccccc2)c1. The van der Waals surface area contributed by atoms with Gasteiger partial charge in [0.05, 0.1) is 0 Å². The Bertz CT molecular complexity index is 687. The highest BCUT2D eigenvalue weighted by Gasteiger charge is 2.00. The van der Waals surface area contributed by atoms with Crippen molar-refractivity contribution in [2.75, 3.05) is 18.9 Å². The lowest BCUT2D eigenvalue weighted by Gasteiger charge is -2.05. The molecule has 0 heterocycles. The van der Waals surface area contributed by atoms with Crippen LogP contribution in [0.3, 0.4) is 0 Å². The van der Waals surface area contributed by atoms with Crippen LogP contribution in [0.25, 0.3) is 0 Å². The highest BCUT2D eigenvalue weighted by Crippen LogP contribution is 2.08. The van der Waals surface area contributed by atoms with E-state index in [4.69, 9.17) is 4.74 Å². The second-order valence-corrected chi connectivity index (χ2v) is 4.87. The summed E-state index contributed by atoms with van der Waals surface area (Å²) in [6.45, 7) is 0.738. The molecular weight excluding hydrogens is 288 g/mol. The van der Waals surface area contributed by atoms with Crippen LogP contribution >= 0.6 is 0 Å². The molecule has 0 aliphatic heterocycles. The first-order valence-corrected chi connectivity index (χ1v) is 7.49. The molecule has 23 heavy (non-hydrogen) atoms. The molecule has 4 heteroatoms. The second-order valence-electron chi connectivity index (χ2n) is 4.87. The van der Waals surface area contributed by atoms with Gasteiger partial charge in [0.1, 0.15) is 6.61 Å². The highest BCUT2D eigenvalue weighted by atomic mass is 16.5. The number of hydrogen-bond donors (Lipinski definition) is 2. The number of ether oxygens (including phenoxy) is 1. The summed E-state index contributed by atoms with van der Waals surface area (Å²) in [6, 6.07) is 17.4. The standard InChI is InChI=1S/C19H20N2O2/c1-20-18-12-7-11-16(14-18)8-5-6-13-21-19(22)23-15-17-9-3-2-4-10-17/h2-4,7,9-12,14,20H,6,13,15H2,1H3,(H,21,22). The molecule has 0 aliphatic rings. The van der Waals surface area contributed by atoms with Crippen molar-refractivity contribution in [3.8, 4) is 11.8 Å². The Morgan fingerprint density at radius 3 is 2.74 bits per heavy atom. The van der Waals surface area contributed by atoms with Crippen molar-refractivity contribution < 1.29 is 9.53 Å². The number of nitrogens with one attached hydrogen (secondary N) is 2. The monoisotopic (exact) mass is 308 g/mol. The number of amides is 1. The summed E-state index contributed by atoms with van der Waals surface area (Å²) in [5, 5.41) is 5.76. The van der Waals surface area contributed by atoms with Gasteiger partial charge in [0, 0.05) is 31.3 Å². The van der Waals surface area contributed by atoms with Gasteiger partial charge in [-0.3, -0.25) is 0 Å². The van der Waals surface area contributed by atoms with E-state index >= 15 is 0 Å². The van der Waals surface area contributed by atoms with Crippen molar-refractivity contribution in [2.24, 2.45) is 0 Å². The minimum absolute atomic E-state index is 0.273. The lowest BCUT2D eigenvalue weighted by molar-refractivity contribution is 0.140. The summed E-state index contributed by atoms with van der Waals surface area (Å²) >= 11 is 0. The molecule has 2 N–H and O–H groups in total. The van der Waals surface area contributed by atoms with E-state index in [2.05, 4.69) is 22.5 Å². The molecule has 118 valence electrons. The largest absolute Gasteiger partial charge is 0.445 e.